The monoisotopic (exact) mass is 415 g/mol. The molecule has 3 aromatic heterocycles. The molecule has 1 fully saturated rings. The van der Waals surface area contributed by atoms with Crippen molar-refractivity contribution in [1.29, 1.82) is 0 Å². The first-order chi connectivity index (χ1) is 14.6. The minimum atomic E-state index is -0.0752. The average Bonchev–Trinajstić information content (AvgIpc) is 3.47. The van der Waals surface area contributed by atoms with Crippen molar-refractivity contribution in [3.8, 4) is 0 Å². The molecule has 7 nitrogen and oxygen atoms in total. The van der Waals surface area contributed by atoms with Crippen LogP contribution in [0.15, 0.2) is 73.4 Å². The lowest BCUT2D eigenvalue weighted by Crippen LogP contribution is -2.29. The van der Waals surface area contributed by atoms with Crippen molar-refractivity contribution in [2.45, 2.75) is 25.9 Å². The lowest BCUT2D eigenvalue weighted by Gasteiger charge is -2.28. The van der Waals surface area contributed by atoms with Crippen molar-refractivity contribution in [1.82, 2.24) is 29.9 Å². The molecule has 8 heteroatoms. The van der Waals surface area contributed by atoms with Gasteiger partial charge in [-0.1, -0.05) is 24.3 Å². The Bertz CT molecular complexity index is 1170. The Labute approximate surface area is 180 Å². The van der Waals surface area contributed by atoms with Crippen molar-refractivity contribution in [2.24, 2.45) is 0 Å². The third-order valence-electron chi connectivity index (χ3n) is 5.52. The second-order valence-electron chi connectivity index (χ2n) is 7.31. The van der Waals surface area contributed by atoms with Gasteiger partial charge in [0.1, 0.15) is 12.7 Å². The van der Waals surface area contributed by atoms with Gasteiger partial charge >= 0.3 is 0 Å². The minimum absolute atomic E-state index is 0.0498. The topological polar surface area (TPSA) is 63.8 Å². The smallest absolute Gasteiger partial charge is 0.174 e. The van der Waals surface area contributed by atoms with E-state index >= 15 is 0 Å². The number of pyridine rings is 1. The molecule has 4 aromatic rings. The SMILES string of the molecule is Cc1cc([C@H]2[C@H](c3ccccn3)NC(=S)N2c2ccccc2)c(C)n1-n1cnnc1. The lowest BCUT2D eigenvalue weighted by atomic mass is 9.96. The van der Waals surface area contributed by atoms with E-state index in [1.807, 2.05) is 47.3 Å². The highest BCUT2D eigenvalue weighted by Gasteiger charge is 2.42. The molecule has 4 heterocycles. The highest BCUT2D eigenvalue weighted by Crippen LogP contribution is 2.43. The van der Waals surface area contributed by atoms with Gasteiger partial charge in [0.05, 0.1) is 17.8 Å². The first-order valence-electron chi connectivity index (χ1n) is 9.75. The molecule has 0 bridgehead atoms. The van der Waals surface area contributed by atoms with Crippen LogP contribution < -0.4 is 10.2 Å². The summed E-state index contributed by atoms with van der Waals surface area (Å²) >= 11 is 5.79. The lowest BCUT2D eigenvalue weighted by molar-refractivity contribution is 0.557. The van der Waals surface area contributed by atoms with Crippen molar-refractivity contribution in [2.75, 3.05) is 4.90 Å². The standard InChI is InChI=1S/C22H21N7S/c1-15-12-18(16(2)29(15)27-13-24-25-14-27)21-20(19-10-6-7-11-23-19)26-22(30)28(21)17-8-4-3-5-9-17/h3-14,20-21H,1-2H3,(H,26,30)/t20-,21-/m0/s1. The molecule has 0 aliphatic carbocycles. The van der Waals surface area contributed by atoms with E-state index in [0.717, 1.165) is 22.8 Å². The summed E-state index contributed by atoms with van der Waals surface area (Å²) in [4.78, 5) is 6.81. The van der Waals surface area contributed by atoms with Gasteiger partial charge in [0.15, 0.2) is 5.11 Å². The summed E-state index contributed by atoms with van der Waals surface area (Å²) < 4.78 is 3.99. The molecule has 2 atom stereocenters. The van der Waals surface area contributed by atoms with Gasteiger partial charge in [-0.05, 0) is 56.4 Å². The fraction of sp³-hybridized carbons (Fsp3) is 0.182. The van der Waals surface area contributed by atoms with Crippen LogP contribution in [-0.4, -0.2) is 29.6 Å². The van der Waals surface area contributed by atoms with Gasteiger partial charge in [-0.25, -0.2) is 4.68 Å². The molecule has 0 radical (unpaired) electrons. The highest BCUT2D eigenvalue weighted by atomic mass is 32.1. The summed E-state index contributed by atoms with van der Waals surface area (Å²) in [5.41, 5.74) is 5.37. The quantitative estimate of drug-likeness (QED) is 0.514. The number of benzene rings is 1. The molecular formula is C22H21N7S. The molecule has 150 valence electrons. The molecule has 0 unspecified atom stereocenters. The maximum absolute atomic E-state index is 5.79. The predicted octanol–water partition coefficient (Wildman–Crippen LogP) is 3.58. The third-order valence-corrected chi connectivity index (χ3v) is 5.84. The molecule has 30 heavy (non-hydrogen) atoms. The summed E-state index contributed by atoms with van der Waals surface area (Å²) in [6.45, 7) is 4.20. The number of thiocarbonyl (C=S) groups is 1. The molecule has 1 saturated heterocycles. The number of hydrogen-bond donors (Lipinski definition) is 1. The zero-order valence-electron chi connectivity index (χ0n) is 16.7. The van der Waals surface area contributed by atoms with Crippen molar-refractivity contribution in [3.05, 3.63) is 96.1 Å². The van der Waals surface area contributed by atoms with E-state index in [1.165, 1.54) is 5.56 Å². The summed E-state index contributed by atoms with van der Waals surface area (Å²) in [6, 6.07) is 18.3. The van der Waals surface area contributed by atoms with Gasteiger partial charge in [0, 0.05) is 28.8 Å². The van der Waals surface area contributed by atoms with E-state index in [4.69, 9.17) is 12.2 Å². The van der Waals surface area contributed by atoms with Gasteiger partial charge in [0.25, 0.3) is 0 Å². The van der Waals surface area contributed by atoms with Gasteiger partial charge in [-0.15, -0.1) is 10.2 Å². The minimum Gasteiger partial charge on any atom is -0.351 e. The first kappa shape index (κ1) is 18.5. The number of aryl methyl sites for hydroxylation is 1. The Morgan fingerprint density at radius 1 is 0.967 bits per heavy atom. The molecule has 1 aromatic carbocycles. The van der Waals surface area contributed by atoms with Crippen LogP contribution >= 0.6 is 12.2 Å². The van der Waals surface area contributed by atoms with Crippen LogP contribution in [0.5, 0.6) is 0 Å². The fourth-order valence-electron chi connectivity index (χ4n) is 4.27. The van der Waals surface area contributed by atoms with Crippen LogP contribution in [0.25, 0.3) is 0 Å². The highest BCUT2D eigenvalue weighted by molar-refractivity contribution is 7.80. The number of nitrogens with zero attached hydrogens (tertiary/aromatic N) is 6. The first-order valence-corrected chi connectivity index (χ1v) is 10.2. The van der Waals surface area contributed by atoms with Crippen LogP contribution in [0.3, 0.4) is 0 Å². The maximum atomic E-state index is 5.79. The van der Waals surface area contributed by atoms with E-state index in [-0.39, 0.29) is 12.1 Å². The molecule has 0 spiro atoms. The van der Waals surface area contributed by atoms with Crippen molar-refractivity contribution < 1.29 is 0 Å². The van der Waals surface area contributed by atoms with Crippen LogP contribution in [0.1, 0.15) is 34.7 Å². The number of aromatic nitrogens is 5. The Balaban J connectivity index is 1.69. The van der Waals surface area contributed by atoms with E-state index in [1.54, 1.807) is 12.7 Å². The second kappa shape index (κ2) is 7.38. The van der Waals surface area contributed by atoms with Crippen LogP contribution in [0.4, 0.5) is 5.69 Å². The predicted molar refractivity (Wildman–Crippen MR) is 119 cm³/mol. The molecule has 0 amide bonds. The number of para-hydroxylation sites is 1. The van der Waals surface area contributed by atoms with Gasteiger partial charge in [0.2, 0.25) is 0 Å². The Morgan fingerprint density at radius 3 is 2.40 bits per heavy atom. The number of anilines is 1. The Kier molecular flexibility index (Phi) is 4.55. The second-order valence-corrected chi connectivity index (χ2v) is 7.70. The van der Waals surface area contributed by atoms with Gasteiger partial charge < -0.3 is 10.2 Å². The largest absolute Gasteiger partial charge is 0.351 e. The summed E-state index contributed by atoms with van der Waals surface area (Å²) in [6.07, 6.45) is 5.22. The average molecular weight is 416 g/mol. The fourth-order valence-corrected chi connectivity index (χ4v) is 4.61. The van der Waals surface area contributed by atoms with Crippen LogP contribution in [0, 0.1) is 13.8 Å². The molecule has 0 saturated carbocycles. The number of rotatable bonds is 4. The molecular weight excluding hydrogens is 394 g/mol. The Hall–Kier alpha value is -3.52. The normalized spacial score (nSPS) is 18.6. The Morgan fingerprint density at radius 2 is 1.70 bits per heavy atom. The van der Waals surface area contributed by atoms with E-state index in [2.05, 4.69) is 62.1 Å². The summed E-state index contributed by atoms with van der Waals surface area (Å²) in [5.74, 6) is 0. The molecule has 1 aliphatic rings. The zero-order chi connectivity index (χ0) is 20.7. The molecule has 1 aliphatic heterocycles. The molecule has 1 N–H and O–H groups in total. The van der Waals surface area contributed by atoms with Crippen molar-refractivity contribution in [3.63, 3.8) is 0 Å². The van der Waals surface area contributed by atoms with E-state index in [9.17, 15) is 0 Å². The summed E-state index contributed by atoms with van der Waals surface area (Å²) in [7, 11) is 0. The third kappa shape index (κ3) is 2.96. The van der Waals surface area contributed by atoms with Crippen molar-refractivity contribution >= 4 is 23.0 Å². The summed E-state index contributed by atoms with van der Waals surface area (Å²) in [5, 5.41) is 12.1. The number of nitrogens with one attached hydrogen (secondary N) is 1. The van der Waals surface area contributed by atoms with E-state index in [0.29, 0.717) is 5.11 Å². The number of hydrogen-bond acceptors (Lipinski definition) is 4. The van der Waals surface area contributed by atoms with Gasteiger partial charge in [-0.3, -0.25) is 9.66 Å². The maximum Gasteiger partial charge on any atom is 0.174 e. The van der Waals surface area contributed by atoms with Crippen LogP contribution in [0.2, 0.25) is 0 Å². The van der Waals surface area contributed by atoms with Crippen LogP contribution in [-0.2, 0) is 0 Å². The van der Waals surface area contributed by atoms with Gasteiger partial charge in [-0.2, -0.15) is 0 Å². The molecule has 5 rings (SSSR count). The zero-order valence-corrected chi connectivity index (χ0v) is 17.5. The van der Waals surface area contributed by atoms with E-state index < -0.39 is 0 Å².